The van der Waals surface area contributed by atoms with E-state index in [9.17, 15) is 4.79 Å². The average Bonchev–Trinajstić information content (AvgIpc) is 2.36. The van der Waals surface area contributed by atoms with Gasteiger partial charge in [-0.15, -0.1) is 0 Å². The third-order valence-corrected chi connectivity index (χ3v) is 3.12. The number of aryl methyl sites for hydroxylation is 2. The summed E-state index contributed by atoms with van der Waals surface area (Å²) in [5, 5.41) is 10.6. The van der Waals surface area contributed by atoms with Gasteiger partial charge in [0, 0.05) is 26.4 Å². The highest BCUT2D eigenvalue weighted by Gasteiger charge is 2.07. The number of amides is 2. The number of carbonyl (C=O) groups is 1. The second-order valence-corrected chi connectivity index (χ2v) is 4.81. The molecule has 0 bridgehead atoms. The van der Waals surface area contributed by atoms with Crippen molar-refractivity contribution >= 4 is 23.7 Å². The molecule has 1 rings (SSSR count). The molecule has 0 spiro atoms. The Morgan fingerprint density at radius 2 is 2.17 bits per heavy atom. The molecule has 100 valence electrons. The van der Waals surface area contributed by atoms with Gasteiger partial charge in [0.05, 0.1) is 17.1 Å². The van der Waals surface area contributed by atoms with Crippen LogP contribution in [0, 0.1) is 13.8 Å². The minimum Gasteiger partial charge on any atom is -0.372 e. The molecule has 0 saturated carbocycles. The van der Waals surface area contributed by atoms with E-state index < -0.39 is 0 Å². The fourth-order valence-electron chi connectivity index (χ4n) is 1.39. The fraction of sp³-hybridized carbons (Fsp3) is 0.545. The highest BCUT2D eigenvalue weighted by Crippen LogP contribution is 2.16. The SMILES string of the molecule is CNC(=O)NSCCN(C)c1cc(C)nnc1C. The van der Waals surface area contributed by atoms with Crippen LogP contribution in [0.1, 0.15) is 11.4 Å². The first-order chi connectivity index (χ1) is 8.54. The van der Waals surface area contributed by atoms with Gasteiger partial charge in [-0.25, -0.2) is 4.79 Å². The molecule has 2 amide bonds. The third-order valence-electron chi connectivity index (χ3n) is 2.41. The number of anilines is 1. The minimum atomic E-state index is -0.180. The largest absolute Gasteiger partial charge is 0.372 e. The van der Waals surface area contributed by atoms with Gasteiger partial charge in [-0.3, -0.25) is 4.72 Å². The quantitative estimate of drug-likeness (QED) is 0.619. The average molecular weight is 269 g/mol. The van der Waals surface area contributed by atoms with E-state index in [1.807, 2.05) is 27.0 Å². The molecule has 6 nitrogen and oxygen atoms in total. The Morgan fingerprint density at radius 3 is 2.83 bits per heavy atom. The van der Waals surface area contributed by atoms with Crippen LogP contribution in [-0.2, 0) is 0 Å². The lowest BCUT2D eigenvalue weighted by Gasteiger charge is -2.20. The van der Waals surface area contributed by atoms with Gasteiger partial charge in [0.25, 0.3) is 0 Å². The van der Waals surface area contributed by atoms with Crippen LogP contribution in [0.3, 0.4) is 0 Å². The van der Waals surface area contributed by atoms with E-state index in [2.05, 4.69) is 25.1 Å². The van der Waals surface area contributed by atoms with Crippen LogP contribution in [0.2, 0.25) is 0 Å². The van der Waals surface area contributed by atoms with Crippen molar-refractivity contribution in [2.24, 2.45) is 0 Å². The molecule has 18 heavy (non-hydrogen) atoms. The number of urea groups is 1. The molecule has 1 heterocycles. The van der Waals surface area contributed by atoms with Gasteiger partial charge in [0.2, 0.25) is 0 Å². The van der Waals surface area contributed by atoms with Crippen LogP contribution in [0.15, 0.2) is 6.07 Å². The lowest BCUT2D eigenvalue weighted by atomic mass is 10.3. The zero-order valence-electron chi connectivity index (χ0n) is 11.1. The van der Waals surface area contributed by atoms with E-state index in [1.54, 1.807) is 7.05 Å². The molecule has 0 radical (unpaired) electrons. The van der Waals surface area contributed by atoms with Gasteiger partial charge < -0.3 is 10.2 Å². The van der Waals surface area contributed by atoms with Gasteiger partial charge in [-0.05, 0) is 31.9 Å². The molecule has 0 aliphatic heterocycles. The molecule has 0 aliphatic rings. The second kappa shape index (κ2) is 7.05. The number of aromatic nitrogens is 2. The van der Waals surface area contributed by atoms with Crippen molar-refractivity contribution in [3.8, 4) is 0 Å². The monoisotopic (exact) mass is 269 g/mol. The Bertz CT molecular complexity index is 412. The van der Waals surface area contributed by atoms with Crippen LogP contribution in [-0.4, -0.2) is 42.6 Å². The lowest BCUT2D eigenvalue weighted by molar-refractivity contribution is 0.248. The third kappa shape index (κ3) is 4.40. The first-order valence-corrected chi connectivity index (χ1v) is 6.64. The minimum absolute atomic E-state index is 0.180. The summed E-state index contributed by atoms with van der Waals surface area (Å²) in [4.78, 5) is 13.1. The topological polar surface area (TPSA) is 70.2 Å². The van der Waals surface area contributed by atoms with Crippen molar-refractivity contribution in [2.45, 2.75) is 13.8 Å². The first kappa shape index (κ1) is 14.6. The Morgan fingerprint density at radius 1 is 1.44 bits per heavy atom. The van der Waals surface area contributed by atoms with Crippen LogP contribution in [0.4, 0.5) is 10.5 Å². The molecular weight excluding hydrogens is 250 g/mol. The Kier molecular flexibility index (Phi) is 5.70. The van der Waals surface area contributed by atoms with Gasteiger partial charge in [-0.1, -0.05) is 0 Å². The summed E-state index contributed by atoms with van der Waals surface area (Å²) in [6.07, 6.45) is 0. The summed E-state index contributed by atoms with van der Waals surface area (Å²) in [6, 6.07) is 1.83. The second-order valence-electron chi connectivity index (χ2n) is 3.91. The number of rotatable bonds is 5. The van der Waals surface area contributed by atoms with E-state index >= 15 is 0 Å². The van der Waals surface area contributed by atoms with E-state index in [-0.39, 0.29) is 6.03 Å². The van der Waals surface area contributed by atoms with E-state index in [4.69, 9.17) is 0 Å². The number of nitrogens with one attached hydrogen (secondary N) is 2. The van der Waals surface area contributed by atoms with Gasteiger partial charge >= 0.3 is 6.03 Å². The molecule has 1 aromatic heterocycles. The Balaban J connectivity index is 2.43. The Labute approximate surface area is 112 Å². The van der Waals surface area contributed by atoms with Gasteiger partial charge in [-0.2, -0.15) is 10.2 Å². The lowest BCUT2D eigenvalue weighted by Crippen LogP contribution is -2.29. The standard InChI is InChI=1S/C11H19N5OS/c1-8-7-10(9(2)14-13-8)16(4)5-6-18-15-11(17)12-3/h7H,5-6H2,1-4H3,(H2,12,15,17). The van der Waals surface area contributed by atoms with Crippen molar-refractivity contribution in [1.82, 2.24) is 20.2 Å². The zero-order chi connectivity index (χ0) is 13.5. The summed E-state index contributed by atoms with van der Waals surface area (Å²) in [6.45, 7) is 4.68. The van der Waals surface area contributed by atoms with Crippen molar-refractivity contribution < 1.29 is 4.79 Å². The van der Waals surface area contributed by atoms with Crippen LogP contribution in [0.25, 0.3) is 0 Å². The van der Waals surface area contributed by atoms with Crippen LogP contribution in [0.5, 0.6) is 0 Å². The molecule has 2 N–H and O–H groups in total. The zero-order valence-corrected chi connectivity index (χ0v) is 12.0. The first-order valence-electron chi connectivity index (χ1n) is 5.66. The van der Waals surface area contributed by atoms with Gasteiger partial charge in [0.1, 0.15) is 0 Å². The highest BCUT2D eigenvalue weighted by molar-refractivity contribution is 7.97. The summed E-state index contributed by atoms with van der Waals surface area (Å²) in [7, 11) is 3.60. The maximum atomic E-state index is 11.0. The van der Waals surface area contributed by atoms with Gasteiger partial charge in [0.15, 0.2) is 0 Å². The molecule has 0 aliphatic carbocycles. The van der Waals surface area contributed by atoms with E-state index in [1.165, 1.54) is 11.9 Å². The maximum absolute atomic E-state index is 11.0. The fourth-order valence-corrected chi connectivity index (χ4v) is 2.09. The van der Waals surface area contributed by atoms with E-state index in [0.717, 1.165) is 29.4 Å². The van der Waals surface area contributed by atoms with Crippen molar-refractivity contribution in [2.75, 3.05) is 31.3 Å². The molecule has 0 saturated heterocycles. The van der Waals surface area contributed by atoms with Crippen molar-refractivity contribution in [3.63, 3.8) is 0 Å². The maximum Gasteiger partial charge on any atom is 0.324 e. The number of hydrogen-bond donors (Lipinski definition) is 2. The number of hydrogen-bond acceptors (Lipinski definition) is 5. The summed E-state index contributed by atoms with van der Waals surface area (Å²) >= 11 is 1.38. The molecule has 7 heteroatoms. The number of nitrogens with zero attached hydrogens (tertiary/aromatic N) is 3. The summed E-state index contributed by atoms with van der Waals surface area (Å²) in [5.41, 5.74) is 2.88. The predicted molar refractivity (Wildman–Crippen MR) is 74.8 cm³/mol. The predicted octanol–water partition coefficient (Wildman–Crippen LogP) is 1.11. The van der Waals surface area contributed by atoms with Crippen molar-refractivity contribution in [3.05, 3.63) is 17.5 Å². The highest BCUT2D eigenvalue weighted by atomic mass is 32.2. The summed E-state index contributed by atoms with van der Waals surface area (Å²) in [5.74, 6) is 0.796. The molecule has 0 aromatic carbocycles. The summed E-state index contributed by atoms with van der Waals surface area (Å²) < 4.78 is 2.68. The molecule has 1 aromatic rings. The van der Waals surface area contributed by atoms with Crippen LogP contribution < -0.4 is 14.9 Å². The molecule has 0 atom stereocenters. The van der Waals surface area contributed by atoms with Crippen molar-refractivity contribution in [1.29, 1.82) is 0 Å². The normalized spacial score (nSPS) is 10.0. The van der Waals surface area contributed by atoms with E-state index in [0.29, 0.717) is 0 Å². The smallest absolute Gasteiger partial charge is 0.324 e. The number of carbonyl (C=O) groups excluding carboxylic acids is 1. The molecule has 0 unspecified atom stereocenters. The van der Waals surface area contributed by atoms with Crippen LogP contribution >= 0.6 is 11.9 Å². The molecule has 0 fully saturated rings. The Hall–Kier alpha value is -1.50. The molecular formula is C11H19N5OS.